The SMILES string of the molecule is CCCCc1ncccc1OS(=O)(=O)c1ccc(C)cc1. The van der Waals surface area contributed by atoms with Gasteiger partial charge in [0.25, 0.3) is 0 Å². The second kappa shape index (κ2) is 6.72. The van der Waals surface area contributed by atoms with E-state index < -0.39 is 10.1 Å². The molecule has 0 fully saturated rings. The first-order valence-corrected chi connectivity index (χ1v) is 8.39. The minimum absolute atomic E-state index is 0.151. The zero-order valence-corrected chi connectivity index (χ0v) is 13.1. The number of nitrogens with zero attached hydrogens (tertiary/aromatic N) is 1. The summed E-state index contributed by atoms with van der Waals surface area (Å²) in [4.78, 5) is 4.37. The van der Waals surface area contributed by atoms with Crippen molar-refractivity contribution in [2.24, 2.45) is 0 Å². The van der Waals surface area contributed by atoms with E-state index >= 15 is 0 Å². The maximum absolute atomic E-state index is 12.3. The molecule has 1 heterocycles. The molecule has 112 valence electrons. The Morgan fingerprint density at radius 3 is 2.52 bits per heavy atom. The maximum Gasteiger partial charge on any atom is 0.339 e. The summed E-state index contributed by atoms with van der Waals surface area (Å²) < 4.78 is 29.8. The minimum atomic E-state index is -3.82. The first-order valence-electron chi connectivity index (χ1n) is 6.98. The lowest BCUT2D eigenvalue weighted by Crippen LogP contribution is -2.11. The lowest BCUT2D eigenvalue weighted by atomic mass is 10.2. The molecule has 0 saturated carbocycles. The zero-order chi connectivity index (χ0) is 15.3. The summed E-state index contributed by atoms with van der Waals surface area (Å²) in [5.74, 6) is 0.312. The highest BCUT2D eigenvalue weighted by Gasteiger charge is 2.18. The van der Waals surface area contributed by atoms with Gasteiger partial charge < -0.3 is 4.18 Å². The molecule has 1 aromatic carbocycles. The summed E-state index contributed by atoms with van der Waals surface area (Å²) >= 11 is 0. The number of pyridine rings is 1. The van der Waals surface area contributed by atoms with Crippen LogP contribution in [0.25, 0.3) is 0 Å². The van der Waals surface area contributed by atoms with Crippen molar-refractivity contribution in [1.29, 1.82) is 0 Å². The second-order valence-corrected chi connectivity index (χ2v) is 6.45. The summed E-state index contributed by atoms with van der Waals surface area (Å²) in [6.07, 6.45) is 4.31. The van der Waals surface area contributed by atoms with Crippen LogP contribution in [0.4, 0.5) is 0 Å². The summed E-state index contributed by atoms with van der Waals surface area (Å²) in [6, 6.07) is 9.91. The van der Waals surface area contributed by atoms with Crippen LogP contribution in [0.5, 0.6) is 5.75 Å². The van der Waals surface area contributed by atoms with E-state index in [-0.39, 0.29) is 4.90 Å². The van der Waals surface area contributed by atoms with Crippen LogP contribution in [0.2, 0.25) is 0 Å². The molecule has 0 atom stereocenters. The summed E-state index contributed by atoms with van der Waals surface area (Å²) in [6.45, 7) is 3.98. The van der Waals surface area contributed by atoms with Crippen LogP contribution in [0.15, 0.2) is 47.5 Å². The van der Waals surface area contributed by atoms with Crippen molar-refractivity contribution in [3.63, 3.8) is 0 Å². The topological polar surface area (TPSA) is 56.3 Å². The fourth-order valence-electron chi connectivity index (χ4n) is 1.90. The highest BCUT2D eigenvalue weighted by atomic mass is 32.2. The predicted molar refractivity (Wildman–Crippen MR) is 81.8 cm³/mol. The third-order valence-corrected chi connectivity index (χ3v) is 4.37. The van der Waals surface area contributed by atoms with Crippen molar-refractivity contribution < 1.29 is 12.6 Å². The van der Waals surface area contributed by atoms with Crippen LogP contribution in [-0.4, -0.2) is 13.4 Å². The van der Waals surface area contributed by atoms with E-state index in [1.807, 2.05) is 6.92 Å². The van der Waals surface area contributed by atoms with Crippen molar-refractivity contribution in [3.8, 4) is 5.75 Å². The molecule has 1 aromatic heterocycles. The normalized spacial score (nSPS) is 11.3. The van der Waals surface area contributed by atoms with Gasteiger partial charge in [0.1, 0.15) is 4.90 Å². The lowest BCUT2D eigenvalue weighted by Gasteiger charge is -2.10. The second-order valence-electron chi connectivity index (χ2n) is 4.90. The van der Waals surface area contributed by atoms with Gasteiger partial charge in [0, 0.05) is 6.20 Å². The van der Waals surface area contributed by atoms with Gasteiger partial charge in [-0.05, 0) is 44.0 Å². The Labute approximate surface area is 125 Å². The van der Waals surface area contributed by atoms with Crippen molar-refractivity contribution in [3.05, 3.63) is 53.9 Å². The van der Waals surface area contributed by atoms with E-state index in [4.69, 9.17) is 4.18 Å². The average Bonchev–Trinajstić information content (AvgIpc) is 2.46. The van der Waals surface area contributed by atoms with Crippen LogP contribution < -0.4 is 4.18 Å². The molecular formula is C16H19NO3S. The van der Waals surface area contributed by atoms with Gasteiger partial charge in [-0.2, -0.15) is 8.42 Å². The molecule has 0 aliphatic carbocycles. The van der Waals surface area contributed by atoms with Crippen LogP contribution in [0.1, 0.15) is 31.0 Å². The molecule has 0 bridgehead atoms. The molecule has 21 heavy (non-hydrogen) atoms. The number of hydrogen-bond donors (Lipinski definition) is 0. The molecule has 0 unspecified atom stereocenters. The Hall–Kier alpha value is -1.88. The van der Waals surface area contributed by atoms with Gasteiger partial charge in [-0.15, -0.1) is 0 Å². The Morgan fingerprint density at radius 1 is 1.14 bits per heavy atom. The summed E-state index contributed by atoms with van der Waals surface area (Å²) in [5.41, 5.74) is 1.67. The average molecular weight is 305 g/mol. The smallest absolute Gasteiger partial charge is 0.339 e. The highest BCUT2D eigenvalue weighted by Crippen LogP contribution is 2.23. The Bertz CT molecular complexity index is 694. The number of rotatable bonds is 6. The van der Waals surface area contributed by atoms with Crippen molar-refractivity contribution >= 4 is 10.1 Å². The van der Waals surface area contributed by atoms with Crippen molar-refractivity contribution in [2.75, 3.05) is 0 Å². The fourth-order valence-corrected chi connectivity index (χ4v) is 2.86. The number of hydrogen-bond acceptors (Lipinski definition) is 4. The molecule has 4 nitrogen and oxygen atoms in total. The van der Waals surface area contributed by atoms with Crippen molar-refractivity contribution in [2.45, 2.75) is 38.0 Å². The molecule has 0 radical (unpaired) electrons. The molecular weight excluding hydrogens is 286 g/mol. The van der Waals surface area contributed by atoms with Gasteiger partial charge in [-0.1, -0.05) is 31.0 Å². The molecule has 2 aromatic rings. The molecule has 2 rings (SSSR count). The fraction of sp³-hybridized carbons (Fsp3) is 0.312. The third kappa shape index (κ3) is 4.04. The summed E-state index contributed by atoms with van der Waals surface area (Å²) in [7, 11) is -3.82. The number of unbranched alkanes of at least 4 members (excludes halogenated alkanes) is 1. The van der Waals surface area contributed by atoms with Gasteiger partial charge in [0.05, 0.1) is 5.69 Å². The first kappa shape index (κ1) is 15.5. The van der Waals surface area contributed by atoms with E-state index in [1.54, 1.807) is 42.6 Å². The number of aromatic nitrogens is 1. The lowest BCUT2D eigenvalue weighted by molar-refractivity contribution is 0.480. The van der Waals surface area contributed by atoms with Gasteiger partial charge in [0.2, 0.25) is 0 Å². The van der Waals surface area contributed by atoms with Gasteiger partial charge >= 0.3 is 10.1 Å². The molecule has 0 aliphatic rings. The molecule has 0 N–H and O–H groups in total. The standard InChI is InChI=1S/C16H19NO3S/c1-3-4-6-15-16(7-5-12-17-15)20-21(18,19)14-10-8-13(2)9-11-14/h5,7-12H,3-4,6H2,1-2H3. The first-order chi connectivity index (χ1) is 10.0. The van der Waals surface area contributed by atoms with Crippen LogP contribution in [0.3, 0.4) is 0 Å². The monoisotopic (exact) mass is 305 g/mol. The van der Waals surface area contributed by atoms with E-state index in [2.05, 4.69) is 11.9 Å². The zero-order valence-electron chi connectivity index (χ0n) is 12.2. The minimum Gasteiger partial charge on any atom is -0.377 e. The van der Waals surface area contributed by atoms with Crippen LogP contribution in [0, 0.1) is 6.92 Å². The van der Waals surface area contributed by atoms with Crippen molar-refractivity contribution in [1.82, 2.24) is 4.98 Å². The van der Waals surface area contributed by atoms with Gasteiger partial charge in [-0.25, -0.2) is 0 Å². The van der Waals surface area contributed by atoms with E-state index in [1.165, 1.54) is 0 Å². The predicted octanol–water partition coefficient (Wildman–Crippen LogP) is 3.50. The molecule has 0 aliphatic heterocycles. The third-order valence-electron chi connectivity index (χ3n) is 3.12. The van der Waals surface area contributed by atoms with Crippen LogP contribution >= 0.6 is 0 Å². The van der Waals surface area contributed by atoms with E-state index in [0.29, 0.717) is 17.9 Å². The quantitative estimate of drug-likeness (QED) is 0.766. The molecule has 0 spiro atoms. The Balaban J connectivity index is 2.26. The van der Waals surface area contributed by atoms with E-state index in [0.717, 1.165) is 18.4 Å². The number of benzene rings is 1. The highest BCUT2D eigenvalue weighted by molar-refractivity contribution is 7.87. The van der Waals surface area contributed by atoms with Gasteiger partial charge in [-0.3, -0.25) is 4.98 Å². The molecule has 5 heteroatoms. The molecule has 0 saturated heterocycles. The Kier molecular flexibility index (Phi) is 4.96. The number of aryl methyl sites for hydroxylation is 2. The Morgan fingerprint density at radius 2 is 1.86 bits per heavy atom. The maximum atomic E-state index is 12.3. The largest absolute Gasteiger partial charge is 0.377 e. The summed E-state index contributed by atoms with van der Waals surface area (Å²) in [5, 5.41) is 0. The van der Waals surface area contributed by atoms with Gasteiger partial charge in [0.15, 0.2) is 5.75 Å². The molecule has 0 amide bonds. The van der Waals surface area contributed by atoms with E-state index in [9.17, 15) is 8.42 Å². The van der Waals surface area contributed by atoms with Crippen LogP contribution in [-0.2, 0) is 16.5 Å².